The Balaban J connectivity index is 1.42. The number of unbranched alkanes of at least 4 members (excludes halogenated alkanes) is 2. The molecule has 0 unspecified atom stereocenters. The molecule has 0 radical (unpaired) electrons. The van der Waals surface area contributed by atoms with Gasteiger partial charge >= 0.3 is 6.03 Å². The number of aromatic nitrogens is 2. The number of urea groups is 1. The number of piperidine rings is 2. The summed E-state index contributed by atoms with van der Waals surface area (Å²) in [7, 11) is -3.17. The van der Waals surface area contributed by atoms with E-state index in [1.807, 2.05) is 18.7 Å². The number of likely N-dealkylation sites (tertiary alicyclic amines) is 1. The molecule has 0 saturated carbocycles. The number of rotatable bonds is 12. The van der Waals surface area contributed by atoms with E-state index in [4.69, 9.17) is 5.10 Å². The Labute approximate surface area is 262 Å². The lowest BCUT2D eigenvalue weighted by molar-refractivity contribution is 0.119. The van der Waals surface area contributed by atoms with Gasteiger partial charge in [-0.1, -0.05) is 26.7 Å². The highest BCUT2D eigenvalue weighted by atomic mass is 32.2. The van der Waals surface area contributed by atoms with Crippen molar-refractivity contribution in [3.63, 3.8) is 0 Å². The lowest BCUT2D eigenvalue weighted by Gasteiger charge is -2.41. The van der Waals surface area contributed by atoms with Gasteiger partial charge in [-0.05, 0) is 64.5 Å². The van der Waals surface area contributed by atoms with E-state index in [0.717, 1.165) is 88.5 Å². The number of benzene rings is 1. The molecule has 3 heterocycles. The van der Waals surface area contributed by atoms with Gasteiger partial charge in [0.05, 0.1) is 23.7 Å². The van der Waals surface area contributed by atoms with Crippen molar-refractivity contribution in [3.05, 3.63) is 46.8 Å². The standard InChI is InChI=1S/C32H50F2N6O3S/c1-6-8-16-38(32(41)39(17-9-7-2)31-11-10-26(33)22-30(31)34)27-12-18-36(19-13-27)23-29-24(3)35-40(25(29)4)28-14-20-37(21-15-28)44(5,42)43/h10-11,22,27-28H,6-9,12-21,23H2,1-5H3. The Kier molecular flexibility index (Phi) is 11.8. The molecule has 2 aromatic rings. The van der Waals surface area contributed by atoms with Crippen molar-refractivity contribution in [2.45, 2.75) is 97.7 Å². The van der Waals surface area contributed by atoms with E-state index >= 15 is 0 Å². The van der Waals surface area contributed by atoms with E-state index in [1.54, 1.807) is 4.31 Å². The Morgan fingerprint density at radius 2 is 1.61 bits per heavy atom. The van der Waals surface area contributed by atoms with Crippen LogP contribution in [0.3, 0.4) is 0 Å². The number of carbonyl (C=O) groups is 1. The molecule has 44 heavy (non-hydrogen) atoms. The van der Waals surface area contributed by atoms with Gasteiger partial charge in [0.1, 0.15) is 11.6 Å². The maximum Gasteiger partial charge on any atom is 0.324 e. The molecule has 0 bridgehead atoms. The average molecular weight is 637 g/mol. The molecule has 2 saturated heterocycles. The average Bonchev–Trinajstić information content (AvgIpc) is 3.27. The zero-order valence-electron chi connectivity index (χ0n) is 27.1. The molecule has 4 rings (SSSR count). The minimum absolute atomic E-state index is 0.0443. The number of aryl methyl sites for hydroxylation is 1. The highest BCUT2D eigenvalue weighted by Crippen LogP contribution is 2.30. The van der Waals surface area contributed by atoms with Gasteiger partial charge in [-0.3, -0.25) is 14.5 Å². The van der Waals surface area contributed by atoms with Gasteiger partial charge in [0.15, 0.2) is 0 Å². The molecular formula is C32H50F2N6O3S. The molecule has 1 aromatic carbocycles. The van der Waals surface area contributed by atoms with Gasteiger partial charge in [0, 0.05) is 69.2 Å². The van der Waals surface area contributed by atoms with Gasteiger partial charge in [0.25, 0.3) is 0 Å². The quantitative estimate of drug-likeness (QED) is 0.291. The molecule has 2 aliphatic heterocycles. The molecule has 246 valence electrons. The summed E-state index contributed by atoms with van der Waals surface area (Å²) >= 11 is 0. The zero-order valence-corrected chi connectivity index (χ0v) is 27.9. The Morgan fingerprint density at radius 3 is 2.20 bits per heavy atom. The molecule has 2 amide bonds. The van der Waals surface area contributed by atoms with E-state index < -0.39 is 21.7 Å². The fourth-order valence-electron chi connectivity index (χ4n) is 6.57. The number of hydrogen-bond acceptors (Lipinski definition) is 5. The second-order valence-corrected chi connectivity index (χ2v) is 14.4. The minimum Gasteiger partial charge on any atom is -0.321 e. The van der Waals surface area contributed by atoms with Gasteiger partial charge in [-0.25, -0.2) is 26.3 Å². The second kappa shape index (κ2) is 15.1. The van der Waals surface area contributed by atoms with Crippen LogP contribution in [-0.4, -0.2) is 89.9 Å². The highest BCUT2D eigenvalue weighted by molar-refractivity contribution is 7.88. The molecule has 0 aliphatic carbocycles. The summed E-state index contributed by atoms with van der Waals surface area (Å²) < 4.78 is 56.1. The maximum atomic E-state index is 14.9. The van der Waals surface area contributed by atoms with Crippen LogP contribution in [0.1, 0.15) is 88.2 Å². The first-order valence-corrected chi connectivity index (χ1v) is 18.0. The van der Waals surface area contributed by atoms with Crippen molar-refractivity contribution in [2.24, 2.45) is 0 Å². The SMILES string of the molecule is CCCCN(C(=O)N(CCCC)C1CCN(Cc2c(C)nn(C3CCN(S(C)(=O)=O)CC3)c2C)CC1)c1ccc(F)cc1F. The summed E-state index contributed by atoms with van der Waals surface area (Å²) in [5.41, 5.74) is 3.48. The molecule has 2 fully saturated rings. The van der Waals surface area contributed by atoms with Crippen LogP contribution in [0.25, 0.3) is 0 Å². The molecule has 0 N–H and O–H groups in total. The lowest BCUT2D eigenvalue weighted by Crippen LogP contribution is -2.52. The van der Waals surface area contributed by atoms with Crippen molar-refractivity contribution in [1.82, 2.24) is 23.9 Å². The van der Waals surface area contributed by atoms with Crippen LogP contribution in [0.5, 0.6) is 0 Å². The van der Waals surface area contributed by atoms with Crippen LogP contribution in [0.2, 0.25) is 0 Å². The topological polar surface area (TPSA) is 82.0 Å². The number of sulfonamides is 1. The number of nitrogens with zero attached hydrogens (tertiary/aromatic N) is 6. The molecule has 2 aliphatic rings. The predicted molar refractivity (Wildman–Crippen MR) is 170 cm³/mol. The van der Waals surface area contributed by atoms with E-state index in [2.05, 4.69) is 23.4 Å². The summed E-state index contributed by atoms with van der Waals surface area (Å²) in [5.74, 6) is -1.37. The summed E-state index contributed by atoms with van der Waals surface area (Å²) in [6, 6.07) is 3.46. The number of amides is 2. The fourth-order valence-corrected chi connectivity index (χ4v) is 7.44. The van der Waals surface area contributed by atoms with Gasteiger partial charge in [-0.2, -0.15) is 5.10 Å². The molecule has 9 nitrogen and oxygen atoms in total. The smallest absolute Gasteiger partial charge is 0.321 e. The van der Waals surface area contributed by atoms with Gasteiger partial charge in [-0.15, -0.1) is 0 Å². The van der Waals surface area contributed by atoms with Crippen molar-refractivity contribution >= 4 is 21.7 Å². The number of hydrogen-bond donors (Lipinski definition) is 0. The van der Waals surface area contributed by atoms with Gasteiger partial charge < -0.3 is 4.90 Å². The van der Waals surface area contributed by atoms with Crippen molar-refractivity contribution in [1.29, 1.82) is 0 Å². The third-order valence-electron chi connectivity index (χ3n) is 9.26. The summed E-state index contributed by atoms with van der Waals surface area (Å²) in [6.45, 7) is 12.7. The number of carbonyl (C=O) groups excluding carboxylic acids is 1. The lowest BCUT2D eigenvalue weighted by atomic mass is 10.0. The maximum absolute atomic E-state index is 14.9. The van der Waals surface area contributed by atoms with E-state index in [1.165, 1.54) is 28.9 Å². The Hall–Kier alpha value is -2.57. The van der Waals surface area contributed by atoms with Crippen molar-refractivity contribution < 1.29 is 22.0 Å². The second-order valence-electron chi connectivity index (χ2n) is 12.4. The summed E-state index contributed by atoms with van der Waals surface area (Å²) in [4.78, 5) is 19.9. The monoisotopic (exact) mass is 636 g/mol. The highest BCUT2D eigenvalue weighted by Gasteiger charge is 2.33. The van der Waals surface area contributed by atoms with Crippen LogP contribution in [-0.2, 0) is 16.6 Å². The third-order valence-corrected chi connectivity index (χ3v) is 10.6. The van der Waals surface area contributed by atoms with E-state index in [9.17, 15) is 22.0 Å². The molecule has 0 atom stereocenters. The normalized spacial score (nSPS) is 17.7. The summed E-state index contributed by atoms with van der Waals surface area (Å²) in [5, 5.41) is 4.88. The van der Waals surface area contributed by atoms with Crippen LogP contribution in [0, 0.1) is 25.5 Å². The fraction of sp³-hybridized carbons (Fsp3) is 0.688. The largest absolute Gasteiger partial charge is 0.324 e. The van der Waals surface area contributed by atoms with Crippen LogP contribution < -0.4 is 4.90 Å². The van der Waals surface area contributed by atoms with Crippen LogP contribution in [0.15, 0.2) is 18.2 Å². The molecule has 12 heteroatoms. The van der Waals surface area contributed by atoms with Crippen LogP contribution in [0.4, 0.5) is 19.3 Å². The van der Waals surface area contributed by atoms with Crippen LogP contribution >= 0.6 is 0 Å². The molecule has 1 aromatic heterocycles. The Bertz CT molecular complexity index is 1370. The first-order chi connectivity index (χ1) is 20.9. The minimum atomic E-state index is -3.17. The van der Waals surface area contributed by atoms with E-state index in [0.29, 0.717) is 26.2 Å². The summed E-state index contributed by atoms with van der Waals surface area (Å²) in [6.07, 6.45) is 7.79. The number of anilines is 1. The van der Waals surface area contributed by atoms with Crippen molar-refractivity contribution in [3.8, 4) is 0 Å². The third kappa shape index (κ3) is 8.17. The molecular weight excluding hydrogens is 586 g/mol. The van der Waals surface area contributed by atoms with Gasteiger partial charge in [0.2, 0.25) is 10.0 Å². The predicted octanol–water partition coefficient (Wildman–Crippen LogP) is 5.87. The molecule has 0 spiro atoms. The zero-order chi connectivity index (χ0) is 32.0. The first-order valence-electron chi connectivity index (χ1n) is 16.2. The van der Waals surface area contributed by atoms with E-state index in [-0.39, 0.29) is 23.8 Å². The van der Waals surface area contributed by atoms with Crippen molar-refractivity contribution in [2.75, 3.05) is 50.4 Å². The number of halogens is 2. The first kappa shape index (κ1) is 34.3. The Morgan fingerprint density at radius 1 is 0.977 bits per heavy atom.